The molecule has 1 aliphatic heterocycles. The monoisotopic (exact) mass is 357 g/mol. The van der Waals surface area contributed by atoms with Crippen LogP contribution in [-0.2, 0) is 0 Å². The number of aromatic hydroxyl groups is 1. The molecule has 1 aliphatic rings. The van der Waals surface area contributed by atoms with Crippen molar-refractivity contribution in [3.63, 3.8) is 0 Å². The van der Waals surface area contributed by atoms with Crippen LogP contribution in [0.5, 0.6) is 5.75 Å². The molecule has 1 aromatic carbocycles. The van der Waals surface area contributed by atoms with Gasteiger partial charge in [-0.1, -0.05) is 6.07 Å². The van der Waals surface area contributed by atoms with Crippen molar-refractivity contribution in [3.05, 3.63) is 66.2 Å². The highest BCUT2D eigenvalue weighted by Crippen LogP contribution is 2.32. The van der Waals surface area contributed by atoms with Crippen LogP contribution in [0.15, 0.2) is 54.9 Å². The Morgan fingerprint density at radius 3 is 2.56 bits per heavy atom. The molecule has 0 unspecified atom stereocenters. The van der Waals surface area contributed by atoms with E-state index in [4.69, 9.17) is 0 Å². The molecule has 0 aliphatic carbocycles. The molecule has 1 saturated heterocycles. The molecule has 27 heavy (non-hydrogen) atoms. The number of aryl methyl sites for hydroxylation is 1. The van der Waals surface area contributed by atoms with Crippen LogP contribution in [-0.4, -0.2) is 37.8 Å². The number of aromatic nitrogens is 4. The maximum atomic E-state index is 10.6. The number of hydrogen-bond acceptors (Lipinski definition) is 5. The summed E-state index contributed by atoms with van der Waals surface area (Å²) in [7, 11) is 0. The maximum Gasteiger partial charge on any atom is 0.136 e. The van der Waals surface area contributed by atoms with Gasteiger partial charge in [-0.3, -0.25) is 0 Å². The number of phenolic OH excluding ortho intramolecular Hbond substituents is 1. The average molecular weight is 357 g/mol. The Balaban J connectivity index is 1.47. The number of nitrogens with zero attached hydrogens (tertiary/aromatic N) is 4. The molecule has 0 bridgehead atoms. The highest BCUT2D eigenvalue weighted by molar-refractivity contribution is 5.74. The van der Waals surface area contributed by atoms with Crippen molar-refractivity contribution in [2.24, 2.45) is 0 Å². The third-order valence-electron chi connectivity index (χ3n) is 5.06. The lowest BCUT2D eigenvalue weighted by Gasteiger charge is -2.25. The molecular formula is C21H19N5O. The summed E-state index contributed by atoms with van der Waals surface area (Å²) in [6, 6.07) is 13.6. The molecule has 5 rings (SSSR count). The van der Waals surface area contributed by atoms with Crippen molar-refractivity contribution in [1.29, 1.82) is 0 Å². The second kappa shape index (κ2) is 6.17. The molecule has 0 amide bonds. The fraction of sp³-hybridized carbons (Fsp3) is 0.190. The van der Waals surface area contributed by atoms with Gasteiger partial charge in [-0.2, -0.15) is 10.2 Å². The molecule has 0 atom stereocenters. The largest absolute Gasteiger partial charge is 0.507 e. The van der Waals surface area contributed by atoms with Crippen molar-refractivity contribution in [3.8, 4) is 28.1 Å². The van der Waals surface area contributed by atoms with Crippen LogP contribution in [0.25, 0.3) is 28.0 Å². The lowest BCUT2D eigenvalue weighted by atomic mass is 9.98. The summed E-state index contributed by atoms with van der Waals surface area (Å²) in [6.07, 6.45) is 4.01. The van der Waals surface area contributed by atoms with Gasteiger partial charge in [0.25, 0.3) is 0 Å². The van der Waals surface area contributed by atoms with E-state index < -0.39 is 0 Å². The van der Waals surface area contributed by atoms with E-state index in [9.17, 15) is 5.11 Å². The Morgan fingerprint density at radius 2 is 1.85 bits per heavy atom. The van der Waals surface area contributed by atoms with E-state index >= 15 is 0 Å². The van der Waals surface area contributed by atoms with Crippen molar-refractivity contribution in [2.75, 3.05) is 13.1 Å². The SMILES string of the molecule is Cc1cn2cc(-c3ccc(-c4ccc(C5CNC5)nn4)c(O)c3)ccc2n1. The zero-order valence-electron chi connectivity index (χ0n) is 14.9. The van der Waals surface area contributed by atoms with Crippen LogP contribution in [0.4, 0.5) is 0 Å². The lowest BCUT2D eigenvalue weighted by molar-refractivity contribution is 0.436. The lowest BCUT2D eigenvalue weighted by Crippen LogP contribution is -2.40. The number of rotatable bonds is 3. The van der Waals surface area contributed by atoms with Gasteiger partial charge in [0.2, 0.25) is 0 Å². The first-order valence-corrected chi connectivity index (χ1v) is 9.01. The highest BCUT2D eigenvalue weighted by atomic mass is 16.3. The summed E-state index contributed by atoms with van der Waals surface area (Å²) in [5, 5.41) is 22.4. The number of phenols is 1. The zero-order chi connectivity index (χ0) is 18.4. The summed E-state index contributed by atoms with van der Waals surface area (Å²) in [5.41, 5.74) is 6.20. The highest BCUT2D eigenvalue weighted by Gasteiger charge is 2.20. The van der Waals surface area contributed by atoms with Gasteiger partial charge >= 0.3 is 0 Å². The van der Waals surface area contributed by atoms with Crippen LogP contribution < -0.4 is 5.32 Å². The normalized spacial score (nSPS) is 14.4. The minimum Gasteiger partial charge on any atom is -0.507 e. The van der Waals surface area contributed by atoms with E-state index in [1.54, 1.807) is 6.07 Å². The number of nitrogens with one attached hydrogen (secondary N) is 1. The molecule has 6 nitrogen and oxygen atoms in total. The smallest absolute Gasteiger partial charge is 0.136 e. The van der Waals surface area contributed by atoms with Crippen LogP contribution in [0.2, 0.25) is 0 Å². The van der Waals surface area contributed by atoms with Gasteiger partial charge in [-0.05, 0) is 54.4 Å². The van der Waals surface area contributed by atoms with Gasteiger partial charge < -0.3 is 14.8 Å². The van der Waals surface area contributed by atoms with Gasteiger partial charge in [0, 0.05) is 37.0 Å². The molecule has 6 heteroatoms. The minimum absolute atomic E-state index is 0.196. The van der Waals surface area contributed by atoms with E-state index in [1.165, 1.54) is 0 Å². The van der Waals surface area contributed by atoms with Crippen molar-refractivity contribution < 1.29 is 5.11 Å². The molecule has 0 spiro atoms. The Labute approximate surface area is 156 Å². The molecule has 2 N–H and O–H groups in total. The Morgan fingerprint density at radius 1 is 1.00 bits per heavy atom. The third-order valence-corrected chi connectivity index (χ3v) is 5.06. The third kappa shape index (κ3) is 2.84. The predicted molar refractivity (Wildman–Crippen MR) is 104 cm³/mol. The molecule has 1 fully saturated rings. The molecule has 4 aromatic rings. The first-order valence-electron chi connectivity index (χ1n) is 9.01. The molecule has 134 valence electrons. The van der Waals surface area contributed by atoms with Gasteiger partial charge in [-0.25, -0.2) is 4.98 Å². The van der Waals surface area contributed by atoms with Crippen molar-refractivity contribution >= 4 is 5.65 Å². The van der Waals surface area contributed by atoms with Crippen molar-refractivity contribution in [1.82, 2.24) is 24.9 Å². The summed E-state index contributed by atoms with van der Waals surface area (Å²) < 4.78 is 2.00. The van der Waals surface area contributed by atoms with Crippen LogP contribution >= 0.6 is 0 Å². The molecule has 0 radical (unpaired) electrons. The number of hydrogen-bond donors (Lipinski definition) is 2. The van der Waals surface area contributed by atoms with Crippen LogP contribution in [0.3, 0.4) is 0 Å². The topological polar surface area (TPSA) is 75.3 Å². The van der Waals surface area contributed by atoms with Crippen molar-refractivity contribution in [2.45, 2.75) is 12.8 Å². The van der Waals surface area contributed by atoms with E-state index in [0.29, 0.717) is 17.2 Å². The number of fused-ring (bicyclic) bond motifs is 1. The number of imidazole rings is 1. The summed E-state index contributed by atoms with van der Waals surface area (Å²) >= 11 is 0. The first kappa shape index (κ1) is 16.0. The molecule has 4 heterocycles. The molecular weight excluding hydrogens is 338 g/mol. The first-order chi connectivity index (χ1) is 13.2. The van der Waals surface area contributed by atoms with E-state index in [1.807, 2.05) is 60.1 Å². The molecule has 0 saturated carbocycles. The quantitative estimate of drug-likeness (QED) is 0.589. The summed E-state index contributed by atoms with van der Waals surface area (Å²) in [5.74, 6) is 0.644. The van der Waals surface area contributed by atoms with Gasteiger partial charge in [0.05, 0.1) is 17.1 Å². The number of pyridine rings is 1. The van der Waals surface area contributed by atoms with Gasteiger partial charge in [0.15, 0.2) is 0 Å². The maximum absolute atomic E-state index is 10.6. The fourth-order valence-corrected chi connectivity index (χ4v) is 3.42. The van der Waals surface area contributed by atoms with E-state index in [-0.39, 0.29) is 5.75 Å². The van der Waals surface area contributed by atoms with Crippen LogP contribution in [0.1, 0.15) is 17.3 Å². The molecule has 3 aromatic heterocycles. The Bertz CT molecular complexity index is 1130. The van der Waals surface area contributed by atoms with E-state index in [0.717, 1.165) is 41.3 Å². The second-order valence-corrected chi connectivity index (χ2v) is 7.00. The second-order valence-electron chi connectivity index (χ2n) is 7.00. The van der Waals surface area contributed by atoms with Gasteiger partial charge in [0.1, 0.15) is 11.4 Å². The summed E-state index contributed by atoms with van der Waals surface area (Å²) in [4.78, 5) is 4.44. The standard InChI is InChI=1S/C21H19N5O/c1-13-11-26-12-15(3-7-21(26)23-13)14-2-4-17(20(27)8-14)19-6-5-18(24-25-19)16-9-22-10-16/h2-8,11-12,16,22,27H,9-10H2,1H3. The zero-order valence-corrected chi connectivity index (χ0v) is 14.9. The Hall–Kier alpha value is -3.25. The number of benzene rings is 1. The van der Waals surface area contributed by atoms with Gasteiger partial charge in [-0.15, -0.1) is 0 Å². The average Bonchev–Trinajstić information content (AvgIpc) is 3.00. The minimum atomic E-state index is 0.196. The van der Waals surface area contributed by atoms with E-state index in [2.05, 4.69) is 20.5 Å². The summed E-state index contributed by atoms with van der Waals surface area (Å²) in [6.45, 7) is 3.88. The Kier molecular flexibility index (Phi) is 3.65. The fourth-order valence-electron chi connectivity index (χ4n) is 3.42. The van der Waals surface area contributed by atoms with Crippen LogP contribution in [0, 0.1) is 6.92 Å². The predicted octanol–water partition coefficient (Wildman–Crippen LogP) is 3.16.